The Morgan fingerprint density at radius 3 is 3.00 bits per heavy atom. The van der Waals surface area contributed by atoms with Gasteiger partial charge in [0, 0.05) is 12.6 Å². The number of benzene rings is 1. The van der Waals surface area contributed by atoms with E-state index in [1.165, 1.54) is 0 Å². The van der Waals surface area contributed by atoms with Crippen molar-refractivity contribution in [2.24, 2.45) is 5.73 Å². The highest BCUT2D eigenvalue weighted by molar-refractivity contribution is 5.78. The number of hydrogen-bond donors (Lipinski definition) is 1. The van der Waals surface area contributed by atoms with Crippen LogP contribution in [0.4, 0.5) is 0 Å². The van der Waals surface area contributed by atoms with Gasteiger partial charge >= 0.3 is 0 Å². The lowest BCUT2D eigenvalue weighted by molar-refractivity contribution is 0.561. The second-order valence-corrected chi connectivity index (χ2v) is 2.94. The van der Waals surface area contributed by atoms with E-state index in [1.807, 2.05) is 25.1 Å². The van der Waals surface area contributed by atoms with Crippen LogP contribution in [0.3, 0.4) is 0 Å². The monoisotopic (exact) mass is 174 g/mol. The van der Waals surface area contributed by atoms with Gasteiger partial charge in [-0.2, -0.15) is 0 Å². The predicted molar refractivity (Wildman–Crippen MR) is 52.0 cm³/mol. The lowest BCUT2D eigenvalue weighted by atomic mass is 10.2. The lowest BCUT2D eigenvalue weighted by Crippen LogP contribution is -1.92. The van der Waals surface area contributed by atoms with E-state index in [4.69, 9.17) is 10.2 Å². The highest BCUT2D eigenvalue weighted by Gasteiger charge is 2.02. The standard InChI is InChI=1S/C10H10N2O/c1-6(11)8-3-4-10-9(5-8)12-7(2)13-10/h3-5H,1,11H2,2H3. The molecular weight excluding hydrogens is 164 g/mol. The second kappa shape index (κ2) is 2.62. The molecule has 0 atom stereocenters. The molecule has 0 fully saturated rings. The molecule has 1 heterocycles. The van der Waals surface area contributed by atoms with Gasteiger partial charge in [0.1, 0.15) is 5.52 Å². The highest BCUT2D eigenvalue weighted by atomic mass is 16.3. The minimum atomic E-state index is 0.544. The maximum atomic E-state index is 5.56. The summed E-state index contributed by atoms with van der Waals surface area (Å²) < 4.78 is 5.32. The van der Waals surface area contributed by atoms with Gasteiger partial charge in [0.15, 0.2) is 11.5 Å². The predicted octanol–water partition coefficient (Wildman–Crippen LogP) is 2.07. The van der Waals surface area contributed by atoms with E-state index in [9.17, 15) is 0 Å². The van der Waals surface area contributed by atoms with Crippen molar-refractivity contribution < 1.29 is 4.42 Å². The van der Waals surface area contributed by atoms with Crippen LogP contribution in [-0.2, 0) is 0 Å². The molecule has 0 saturated heterocycles. The first-order valence-electron chi connectivity index (χ1n) is 3.99. The fourth-order valence-corrected chi connectivity index (χ4v) is 1.24. The lowest BCUT2D eigenvalue weighted by Gasteiger charge is -1.96. The van der Waals surface area contributed by atoms with E-state index in [0.717, 1.165) is 16.7 Å². The van der Waals surface area contributed by atoms with Gasteiger partial charge in [-0.05, 0) is 23.8 Å². The van der Waals surface area contributed by atoms with Crippen molar-refractivity contribution in [3.8, 4) is 0 Å². The van der Waals surface area contributed by atoms with E-state index in [-0.39, 0.29) is 0 Å². The third kappa shape index (κ3) is 1.28. The molecule has 0 aliphatic heterocycles. The van der Waals surface area contributed by atoms with E-state index in [1.54, 1.807) is 0 Å². The molecule has 13 heavy (non-hydrogen) atoms. The first kappa shape index (κ1) is 7.86. The fourth-order valence-electron chi connectivity index (χ4n) is 1.24. The second-order valence-electron chi connectivity index (χ2n) is 2.94. The Bertz CT molecular complexity index is 471. The van der Waals surface area contributed by atoms with Crippen LogP contribution in [0.1, 0.15) is 11.5 Å². The Morgan fingerprint density at radius 1 is 1.54 bits per heavy atom. The van der Waals surface area contributed by atoms with Crippen molar-refractivity contribution in [3.05, 3.63) is 36.2 Å². The Morgan fingerprint density at radius 2 is 2.31 bits per heavy atom. The Hall–Kier alpha value is -1.77. The van der Waals surface area contributed by atoms with Crippen LogP contribution < -0.4 is 5.73 Å². The van der Waals surface area contributed by atoms with Gasteiger partial charge in [-0.3, -0.25) is 0 Å². The zero-order valence-corrected chi connectivity index (χ0v) is 7.37. The molecule has 0 radical (unpaired) electrons. The summed E-state index contributed by atoms with van der Waals surface area (Å²) >= 11 is 0. The topological polar surface area (TPSA) is 52.0 Å². The molecule has 2 N–H and O–H groups in total. The van der Waals surface area contributed by atoms with Crippen LogP contribution in [0, 0.1) is 6.92 Å². The average molecular weight is 174 g/mol. The first-order valence-corrected chi connectivity index (χ1v) is 3.99. The molecule has 0 bridgehead atoms. The van der Waals surface area contributed by atoms with Crippen LogP contribution in [0.25, 0.3) is 16.8 Å². The van der Waals surface area contributed by atoms with Crippen molar-refractivity contribution in [1.82, 2.24) is 4.98 Å². The van der Waals surface area contributed by atoms with Crippen molar-refractivity contribution in [2.45, 2.75) is 6.92 Å². The third-order valence-corrected chi connectivity index (χ3v) is 1.87. The number of rotatable bonds is 1. The highest BCUT2D eigenvalue weighted by Crippen LogP contribution is 2.18. The zero-order valence-electron chi connectivity index (χ0n) is 7.37. The largest absolute Gasteiger partial charge is 0.441 e. The van der Waals surface area contributed by atoms with E-state index >= 15 is 0 Å². The molecular formula is C10H10N2O. The van der Waals surface area contributed by atoms with Crippen LogP contribution in [0.15, 0.2) is 29.2 Å². The van der Waals surface area contributed by atoms with Gasteiger partial charge in [0.25, 0.3) is 0 Å². The number of nitrogens with zero attached hydrogens (tertiary/aromatic N) is 1. The fraction of sp³-hybridized carbons (Fsp3) is 0.100. The van der Waals surface area contributed by atoms with Crippen molar-refractivity contribution >= 4 is 16.8 Å². The first-order chi connectivity index (χ1) is 6.16. The van der Waals surface area contributed by atoms with Crippen LogP contribution >= 0.6 is 0 Å². The van der Waals surface area contributed by atoms with Crippen LogP contribution in [0.5, 0.6) is 0 Å². The quantitative estimate of drug-likeness (QED) is 0.720. The van der Waals surface area contributed by atoms with Crippen LogP contribution in [0.2, 0.25) is 0 Å². The maximum absolute atomic E-state index is 5.56. The normalized spacial score (nSPS) is 10.5. The molecule has 2 aromatic rings. The summed E-state index contributed by atoms with van der Waals surface area (Å²) in [6.07, 6.45) is 0. The molecule has 1 aromatic heterocycles. The van der Waals surface area contributed by atoms with Crippen molar-refractivity contribution in [1.29, 1.82) is 0 Å². The summed E-state index contributed by atoms with van der Waals surface area (Å²) in [5.41, 5.74) is 8.59. The molecule has 66 valence electrons. The van der Waals surface area contributed by atoms with Gasteiger partial charge in [0.2, 0.25) is 0 Å². The number of aryl methyl sites for hydroxylation is 1. The number of fused-ring (bicyclic) bond motifs is 1. The molecule has 0 saturated carbocycles. The number of nitrogens with two attached hydrogens (primary N) is 1. The minimum Gasteiger partial charge on any atom is -0.441 e. The molecule has 0 aliphatic carbocycles. The number of hydrogen-bond acceptors (Lipinski definition) is 3. The van der Waals surface area contributed by atoms with E-state index < -0.39 is 0 Å². The summed E-state index contributed by atoms with van der Waals surface area (Å²) in [5, 5.41) is 0. The summed E-state index contributed by atoms with van der Waals surface area (Å²) in [6, 6.07) is 5.59. The summed E-state index contributed by atoms with van der Waals surface area (Å²) in [7, 11) is 0. The van der Waals surface area contributed by atoms with Gasteiger partial charge in [-0.15, -0.1) is 0 Å². The van der Waals surface area contributed by atoms with Crippen molar-refractivity contribution in [2.75, 3.05) is 0 Å². The third-order valence-electron chi connectivity index (χ3n) is 1.87. The van der Waals surface area contributed by atoms with E-state index in [2.05, 4.69) is 11.6 Å². The van der Waals surface area contributed by atoms with Crippen LogP contribution in [-0.4, -0.2) is 4.98 Å². The zero-order chi connectivity index (χ0) is 9.42. The Kier molecular flexibility index (Phi) is 1.59. The smallest absolute Gasteiger partial charge is 0.192 e. The van der Waals surface area contributed by atoms with Gasteiger partial charge in [-0.25, -0.2) is 4.98 Å². The Labute approximate surface area is 75.9 Å². The van der Waals surface area contributed by atoms with Gasteiger partial charge in [-0.1, -0.05) is 6.58 Å². The van der Waals surface area contributed by atoms with E-state index in [0.29, 0.717) is 11.6 Å². The number of aromatic nitrogens is 1. The molecule has 0 spiro atoms. The summed E-state index contributed by atoms with van der Waals surface area (Å²) in [6.45, 7) is 5.47. The maximum Gasteiger partial charge on any atom is 0.192 e. The molecule has 3 nitrogen and oxygen atoms in total. The molecule has 0 aliphatic rings. The molecule has 1 aromatic carbocycles. The number of oxazole rings is 1. The molecule has 0 amide bonds. The Balaban J connectivity index is 2.67. The average Bonchev–Trinajstić information content (AvgIpc) is 2.42. The molecule has 0 unspecified atom stereocenters. The molecule has 2 rings (SSSR count). The minimum absolute atomic E-state index is 0.544. The summed E-state index contributed by atoms with van der Waals surface area (Å²) in [4.78, 5) is 4.19. The van der Waals surface area contributed by atoms with Crippen molar-refractivity contribution in [3.63, 3.8) is 0 Å². The van der Waals surface area contributed by atoms with Gasteiger partial charge < -0.3 is 10.2 Å². The van der Waals surface area contributed by atoms with Gasteiger partial charge in [0.05, 0.1) is 0 Å². The SMILES string of the molecule is C=C(N)c1ccc2oc(C)nc2c1. The summed E-state index contributed by atoms with van der Waals surface area (Å²) in [5.74, 6) is 0.662. The molecule has 3 heteroatoms.